The maximum Gasteiger partial charge on any atom is 0.191 e. The average Bonchev–Trinajstić information content (AvgIpc) is 3.14. The van der Waals surface area contributed by atoms with Crippen LogP contribution in [0.2, 0.25) is 0 Å². The second kappa shape index (κ2) is 11.3. The van der Waals surface area contributed by atoms with E-state index in [1.807, 2.05) is 16.7 Å². The maximum atomic E-state index is 5.76. The van der Waals surface area contributed by atoms with Crippen LogP contribution in [-0.2, 0) is 13.0 Å². The number of hydrogen-bond acceptors (Lipinski definition) is 4. The molecule has 0 fully saturated rings. The second-order valence-electron chi connectivity index (χ2n) is 7.19. The third kappa shape index (κ3) is 6.87. The zero-order chi connectivity index (χ0) is 20.4. The molecule has 0 aliphatic rings. The molecule has 1 aromatic carbocycles. The van der Waals surface area contributed by atoms with Crippen molar-refractivity contribution in [3.05, 3.63) is 42.0 Å². The monoisotopic (exact) mass is 386 g/mol. The quantitative estimate of drug-likeness (QED) is 0.484. The second-order valence-corrected chi connectivity index (χ2v) is 7.19. The SMILES string of the molecule is CCNC(=NCCn1cnnc1CC)NC(C)c1ccc(OCC(C)C)cc1. The number of aryl methyl sites for hydroxylation is 1. The number of aromatic nitrogens is 3. The lowest BCUT2D eigenvalue weighted by Gasteiger charge is -2.19. The van der Waals surface area contributed by atoms with Crippen LogP contribution in [0.4, 0.5) is 0 Å². The minimum atomic E-state index is 0.137. The molecule has 0 radical (unpaired) electrons. The van der Waals surface area contributed by atoms with Crippen LogP contribution in [0.25, 0.3) is 0 Å². The molecule has 0 saturated heterocycles. The summed E-state index contributed by atoms with van der Waals surface area (Å²) in [6.45, 7) is 13.5. The van der Waals surface area contributed by atoms with Crippen molar-refractivity contribution in [1.29, 1.82) is 0 Å². The lowest BCUT2D eigenvalue weighted by Crippen LogP contribution is -2.39. The number of hydrogen-bond donors (Lipinski definition) is 2. The molecule has 0 amide bonds. The Morgan fingerprint density at radius 2 is 1.93 bits per heavy atom. The van der Waals surface area contributed by atoms with E-state index < -0.39 is 0 Å². The highest BCUT2D eigenvalue weighted by Crippen LogP contribution is 2.18. The first-order valence-corrected chi connectivity index (χ1v) is 10.2. The number of nitrogens with one attached hydrogen (secondary N) is 2. The lowest BCUT2D eigenvalue weighted by atomic mass is 10.1. The smallest absolute Gasteiger partial charge is 0.191 e. The highest BCUT2D eigenvalue weighted by atomic mass is 16.5. The van der Waals surface area contributed by atoms with Crippen LogP contribution in [0.3, 0.4) is 0 Å². The van der Waals surface area contributed by atoms with Gasteiger partial charge < -0.3 is 19.9 Å². The zero-order valence-corrected chi connectivity index (χ0v) is 17.8. The summed E-state index contributed by atoms with van der Waals surface area (Å²) < 4.78 is 7.81. The van der Waals surface area contributed by atoms with Crippen molar-refractivity contribution in [3.63, 3.8) is 0 Å². The number of nitrogens with zero attached hydrogens (tertiary/aromatic N) is 4. The van der Waals surface area contributed by atoms with E-state index in [-0.39, 0.29) is 6.04 Å². The molecule has 2 aromatic rings. The minimum Gasteiger partial charge on any atom is -0.493 e. The van der Waals surface area contributed by atoms with Crippen LogP contribution >= 0.6 is 0 Å². The number of rotatable bonds is 10. The number of ether oxygens (including phenoxy) is 1. The summed E-state index contributed by atoms with van der Waals surface area (Å²) in [5.41, 5.74) is 1.19. The Bertz CT molecular complexity index is 723. The van der Waals surface area contributed by atoms with E-state index in [0.717, 1.165) is 43.7 Å². The van der Waals surface area contributed by atoms with Crippen LogP contribution in [0.15, 0.2) is 35.6 Å². The lowest BCUT2D eigenvalue weighted by molar-refractivity contribution is 0.271. The summed E-state index contributed by atoms with van der Waals surface area (Å²) in [5, 5.41) is 14.9. The van der Waals surface area contributed by atoms with Gasteiger partial charge >= 0.3 is 0 Å². The van der Waals surface area contributed by atoms with Crippen LogP contribution in [-0.4, -0.2) is 40.4 Å². The van der Waals surface area contributed by atoms with E-state index >= 15 is 0 Å². The summed E-state index contributed by atoms with van der Waals surface area (Å²) in [6, 6.07) is 8.39. The Hall–Kier alpha value is -2.57. The molecule has 2 N–H and O–H groups in total. The molecule has 0 saturated carbocycles. The predicted molar refractivity (Wildman–Crippen MR) is 114 cm³/mol. The van der Waals surface area contributed by atoms with Gasteiger partial charge in [-0.1, -0.05) is 32.9 Å². The van der Waals surface area contributed by atoms with Gasteiger partial charge in [0.2, 0.25) is 0 Å². The highest BCUT2D eigenvalue weighted by molar-refractivity contribution is 5.80. The van der Waals surface area contributed by atoms with E-state index in [4.69, 9.17) is 4.74 Å². The van der Waals surface area contributed by atoms with Crippen molar-refractivity contribution in [2.45, 2.75) is 53.6 Å². The van der Waals surface area contributed by atoms with Crippen molar-refractivity contribution in [2.24, 2.45) is 10.9 Å². The summed E-state index contributed by atoms with van der Waals surface area (Å²) in [5.74, 6) is 3.22. The van der Waals surface area contributed by atoms with Gasteiger partial charge in [-0.3, -0.25) is 4.99 Å². The van der Waals surface area contributed by atoms with Crippen LogP contribution in [0.1, 0.15) is 52.0 Å². The molecule has 2 rings (SSSR count). The van der Waals surface area contributed by atoms with Crippen molar-refractivity contribution >= 4 is 5.96 Å². The van der Waals surface area contributed by atoms with Crippen LogP contribution in [0.5, 0.6) is 5.75 Å². The first-order valence-electron chi connectivity index (χ1n) is 10.2. The molecule has 154 valence electrons. The van der Waals surface area contributed by atoms with E-state index in [2.05, 4.69) is 72.6 Å². The van der Waals surface area contributed by atoms with E-state index in [1.165, 1.54) is 5.56 Å². The van der Waals surface area contributed by atoms with Gasteiger partial charge in [-0.2, -0.15) is 0 Å². The molecule has 0 bridgehead atoms. The van der Waals surface area contributed by atoms with E-state index in [9.17, 15) is 0 Å². The fourth-order valence-corrected chi connectivity index (χ4v) is 2.73. The van der Waals surface area contributed by atoms with Gasteiger partial charge in [-0.15, -0.1) is 10.2 Å². The molecule has 7 nitrogen and oxygen atoms in total. The Labute approximate surface area is 168 Å². The third-order valence-electron chi connectivity index (χ3n) is 4.28. The van der Waals surface area contributed by atoms with Gasteiger partial charge in [0.05, 0.1) is 19.2 Å². The summed E-state index contributed by atoms with van der Waals surface area (Å²) in [4.78, 5) is 4.69. The first-order chi connectivity index (χ1) is 13.5. The van der Waals surface area contributed by atoms with Crippen molar-refractivity contribution < 1.29 is 4.74 Å². The highest BCUT2D eigenvalue weighted by Gasteiger charge is 2.08. The van der Waals surface area contributed by atoms with Gasteiger partial charge in [-0.05, 0) is 37.5 Å². The van der Waals surface area contributed by atoms with Gasteiger partial charge in [0.15, 0.2) is 5.96 Å². The topological polar surface area (TPSA) is 76.4 Å². The third-order valence-corrected chi connectivity index (χ3v) is 4.28. The summed E-state index contributed by atoms with van der Waals surface area (Å²) >= 11 is 0. The Morgan fingerprint density at radius 3 is 2.57 bits per heavy atom. The minimum absolute atomic E-state index is 0.137. The predicted octanol–water partition coefficient (Wildman–Crippen LogP) is 3.19. The molecular weight excluding hydrogens is 352 g/mol. The Kier molecular flexibility index (Phi) is 8.78. The molecule has 0 spiro atoms. The van der Waals surface area contributed by atoms with Gasteiger partial charge in [0.25, 0.3) is 0 Å². The molecule has 7 heteroatoms. The molecule has 1 atom stereocenters. The van der Waals surface area contributed by atoms with Crippen LogP contribution in [0, 0.1) is 5.92 Å². The largest absolute Gasteiger partial charge is 0.493 e. The van der Waals surface area contributed by atoms with E-state index in [0.29, 0.717) is 12.5 Å². The Morgan fingerprint density at radius 1 is 1.18 bits per heavy atom. The van der Waals surface area contributed by atoms with E-state index in [1.54, 1.807) is 6.33 Å². The molecule has 28 heavy (non-hydrogen) atoms. The first kappa shape index (κ1) is 21.7. The molecular formula is C21H34N6O. The average molecular weight is 387 g/mol. The van der Waals surface area contributed by atoms with Crippen molar-refractivity contribution in [3.8, 4) is 5.75 Å². The molecule has 0 aliphatic heterocycles. The fraction of sp³-hybridized carbons (Fsp3) is 0.571. The zero-order valence-electron chi connectivity index (χ0n) is 17.8. The van der Waals surface area contributed by atoms with Gasteiger partial charge in [-0.25, -0.2) is 0 Å². The molecule has 0 aliphatic carbocycles. The fourth-order valence-electron chi connectivity index (χ4n) is 2.73. The Balaban J connectivity index is 1.92. The molecule has 1 heterocycles. The number of aliphatic imine (C=N–C) groups is 1. The number of guanidine groups is 1. The normalized spacial score (nSPS) is 12.9. The van der Waals surface area contributed by atoms with Gasteiger partial charge in [0, 0.05) is 19.5 Å². The van der Waals surface area contributed by atoms with Crippen LogP contribution < -0.4 is 15.4 Å². The maximum absolute atomic E-state index is 5.76. The van der Waals surface area contributed by atoms with Gasteiger partial charge in [0.1, 0.15) is 17.9 Å². The molecule has 1 aromatic heterocycles. The summed E-state index contributed by atoms with van der Waals surface area (Å²) in [6.07, 6.45) is 2.64. The summed E-state index contributed by atoms with van der Waals surface area (Å²) in [7, 11) is 0. The standard InChI is InChI=1S/C21H34N6O/c1-6-20-26-24-15-27(20)13-12-23-21(22-7-2)25-17(5)18-8-10-19(11-9-18)28-14-16(3)4/h8-11,15-17H,6-7,12-14H2,1-5H3,(H2,22,23,25). The van der Waals surface area contributed by atoms with Crippen molar-refractivity contribution in [2.75, 3.05) is 19.7 Å². The van der Waals surface area contributed by atoms with Crippen molar-refractivity contribution in [1.82, 2.24) is 25.4 Å². The molecule has 1 unspecified atom stereocenters. The number of benzene rings is 1.